The Morgan fingerprint density at radius 3 is 2.47 bits per heavy atom. The Balaban J connectivity index is 2.98. The lowest BCUT2D eigenvalue weighted by atomic mass is 10.2. The number of rotatable bonds is 4. The van der Waals surface area contributed by atoms with Crippen LogP contribution in [0.15, 0.2) is 34.7 Å². The Morgan fingerprint density at radius 2 is 1.95 bits per heavy atom. The predicted molar refractivity (Wildman–Crippen MR) is 76.3 cm³/mol. The molecule has 0 aliphatic heterocycles. The maximum atomic E-state index is 11.8. The van der Waals surface area contributed by atoms with Gasteiger partial charge in [0.05, 0.1) is 4.90 Å². The number of nitrogens with one attached hydrogen (secondary N) is 1. The van der Waals surface area contributed by atoms with Gasteiger partial charge in [0, 0.05) is 27.8 Å². The molecule has 0 unspecified atom stereocenters. The first kappa shape index (κ1) is 16.0. The van der Waals surface area contributed by atoms with Gasteiger partial charge in [-0.05, 0) is 32.0 Å². The topological polar surface area (TPSA) is 63.2 Å². The molecule has 0 aromatic heterocycles. The van der Waals surface area contributed by atoms with Gasteiger partial charge in [-0.2, -0.15) is 0 Å². The Bertz CT molecular complexity index is 620. The molecular weight excluding hydrogens is 309 g/mol. The van der Waals surface area contributed by atoms with Crippen molar-refractivity contribution in [1.29, 1.82) is 0 Å². The third-order valence-corrected chi connectivity index (χ3v) is 3.74. The van der Waals surface area contributed by atoms with Gasteiger partial charge in [0.15, 0.2) is 0 Å². The van der Waals surface area contributed by atoms with Crippen LogP contribution in [0.1, 0.15) is 24.2 Å². The molecule has 0 bridgehead atoms. The summed E-state index contributed by atoms with van der Waals surface area (Å²) in [5.74, 6) is -0.415. The Labute approximate surface area is 121 Å². The first-order valence-corrected chi connectivity index (χ1v) is 8.05. The highest BCUT2D eigenvalue weighted by Crippen LogP contribution is 2.21. The Morgan fingerprint density at radius 1 is 1.32 bits per heavy atom. The molecule has 19 heavy (non-hydrogen) atoms. The van der Waals surface area contributed by atoms with Crippen LogP contribution in [0.3, 0.4) is 0 Å². The summed E-state index contributed by atoms with van der Waals surface area (Å²) in [5.41, 5.74) is 1.21. The van der Waals surface area contributed by atoms with Gasteiger partial charge in [0.2, 0.25) is 0 Å². The molecule has 0 saturated carbocycles. The fraction of sp³-hybridized carbons (Fsp3) is 0.250. The molecule has 0 radical (unpaired) electrons. The second kappa shape index (κ2) is 6.41. The van der Waals surface area contributed by atoms with Crippen LogP contribution >= 0.6 is 22.3 Å². The number of benzene rings is 1. The Hall–Kier alpha value is -1.04. The molecule has 0 aliphatic carbocycles. The minimum atomic E-state index is -3.92. The SMILES string of the molecule is CC(C)=CCNC(=O)c1cc(Cl)cc(S(=O)(=O)Cl)c1. The molecule has 0 atom stereocenters. The van der Waals surface area contributed by atoms with E-state index >= 15 is 0 Å². The number of hydrogen-bond donors (Lipinski definition) is 1. The molecule has 0 saturated heterocycles. The van der Waals surface area contributed by atoms with E-state index < -0.39 is 15.0 Å². The third kappa shape index (κ3) is 5.22. The van der Waals surface area contributed by atoms with E-state index in [9.17, 15) is 13.2 Å². The highest BCUT2D eigenvalue weighted by molar-refractivity contribution is 8.13. The fourth-order valence-electron chi connectivity index (χ4n) is 1.28. The second-order valence-electron chi connectivity index (χ2n) is 4.10. The maximum absolute atomic E-state index is 11.8. The summed E-state index contributed by atoms with van der Waals surface area (Å²) in [5, 5.41) is 2.76. The van der Waals surface area contributed by atoms with Crippen molar-refractivity contribution in [1.82, 2.24) is 5.32 Å². The summed E-state index contributed by atoms with van der Waals surface area (Å²) in [4.78, 5) is 11.6. The van der Waals surface area contributed by atoms with Gasteiger partial charge in [0.1, 0.15) is 0 Å². The molecule has 4 nitrogen and oxygen atoms in total. The van der Waals surface area contributed by atoms with Crippen molar-refractivity contribution < 1.29 is 13.2 Å². The van der Waals surface area contributed by atoms with Crippen LogP contribution in [0.2, 0.25) is 5.02 Å². The Kier molecular flexibility index (Phi) is 5.40. The lowest BCUT2D eigenvalue weighted by molar-refractivity contribution is 0.0957. The molecule has 0 heterocycles. The van der Waals surface area contributed by atoms with Gasteiger partial charge in [-0.3, -0.25) is 4.79 Å². The van der Waals surface area contributed by atoms with Crippen molar-refractivity contribution in [3.05, 3.63) is 40.4 Å². The average molecular weight is 322 g/mol. The van der Waals surface area contributed by atoms with Gasteiger partial charge in [-0.25, -0.2) is 8.42 Å². The summed E-state index contributed by atoms with van der Waals surface area (Å²) in [6.07, 6.45) is 1.83. The highest BCUT2D eigenvalue weighted by atomic mass is 35.7. The third-order valence-electron chi connectivity index (χ3n) is 2.19. The van der Waals surface area contributed by atoms with Gasteiger partial charge < -0.3 is 5.32 Å². The van der Waals surface area contributed by atoms with Crippen molar-refractivity contribution >= 4 is 37.2 Å². The number of halogens is 2. The summed E-state index contributed by atoms with van der Waals surface area (Å²) in [6.45, 7) is 4.17. The molecule has 7 heteroatoms. The van der Waals surface area contributed by atoms with Gasteiger partial charge >= 0.3 is 0 Å². The summed E-state index contributed by atoms with van der Waals surface area (Å²) < 4.78 is 22.5. The highest BCUT2D eigenvalue weighted by Gasteiger charge is 2.15. The largest absolute Gasteiger partial charge is 0.349 e. The molecule has 1 amide bonds. The number of amides is 1. The molecular formula is C12H13Cl2NO3S. The van der Waals surface area contributed by atoms with Gasteiger partial charge in [0.25, 0.3) is 15.0 Å². The number of carbonyl (C=O) groups is 1. The summed E-state index contributed by atoms with van der Waals surface area (Å²) in [6, 6.07) is 3.76. The van der Waals surface area contributed by atoms with E-state index in [0.29, 0.717) is 6.54 Å². The number of hydrogen-bond acceptors (Lipinski definition) is 3. The summed E-state index contributed by atoms with van der Waals surface area (Å²) >= 11 is 5.77. The molecule has 1 N–H and O–H groups in total. The quantitative estimate of drug-likeness (QED) is 0.685. The molecule has 104 valence electrons. The minimum absolute atomic E-state index is 0.133. The zero-order valence-corrected chi connectivity index (χ0v) is 12.7. The van der Waals surface area contributed by atoms with Crippen LogP contribution < -0.4 is 5.32 Å². The van der Waals surface area contributed by atoms with Crippen LogP contribution in [0, 0.1) is 0 Å². The zero-order valence-electron chi connectivity index (χ0n) is 10.4. The van der Waals surface area contributed by atoms with Crippen LogP contribution in [0.4, 0.5) is 0 Å². The van der Waals surface area contributed by atoms with E-state index in [1.165, 1.54) is 18.2 Å². The van der Waals surface area contributed by atoms with Crippen LogP contribution in [-0.4, -0.2) is 20.9 Å². The zero-order chi connectivity index (χ0) is 14.6. The first-order valence-electron chi connectivity index (χ1n) is 5.37. The molecule has 0 fully saturated rings. The lowest BCUT2D eigenvalue weighted by Gasteiger charge is -2.05. The van der Waals surface area contributed by atoms with Crippen molar-refractivity contribution in [2.75, 3.05) is 6.54 Å². The molecule has 1 aromatic carbocycles. The monoisotopic (exact) mass is 321 g/mol. The van der Waals surface area contributed by atoms with Crippen LogP contribution in [-0.2, 0) is 9.05 Å². The van der Waals surface area contributed by atoms with E-state index in [2.05, 4.69) is 5.32 Å². The normalized spacial score (nSPS) is 10.9. The van der Waals surface area contributed by atoms with Crippen LogP contribution in [0.5, 0.6) is 0 Å². The standard InChI is InChI=1S/C12H13Cl2NO3S/c1-8(2)3-4-15-12(16)9-5-10(13)7-11(6-9)19(14,17)18/h3,5-7H,4H2,1-2H3,(H,15,16). The van der Waals surface area contributed by atoms with Gasteiger partial charge in [-0.15, -0.1) is 0 Å². The van der Waals surface area contributed by atoms with Crippen molar-refractivity contribution in [2.24, 2.45) is 0 Å². The average Bonchev–Trinajstić information content (AvgIpc) is 2.26. The van der Waals surface area contributed by atoms with E-state index in [0.717, 1.165) is 5.57 Å². The van der Waals surface area contributed by atoms with E-state index in [1.54, 1.807) is 0 Å². The first-order chi connectivity index (χ1) is 8.70. The van der Waals surface area contributed by atoms with Gasteiger partial charge in [-0.1, -0.05) is 23.3 Å². The van der Waals surface area contributed by atoms with Crippen molar-refractivity contribution in [3.8, 4) is 0 Å². The smallest absolute Gasteiger partial charge is 0.261 e. The fourth-order valence-corrected chi connectivity index (χ4v) is 2.39. The van der Waals surface area contributed by atoms with E-state index in [-0.39, 0.29) is 15.5 Å². The number of carbonyl (C=O) groups excluding carboxylic acids is 1. The molecule has 0 aliphatic rings. The van der Waals surface area contributed by atoms with Crippen molar-refractivity contribution in [2.45, 2.75) is 18.7 Å². The van der Waals surface area contributed by atoms with E-state index in [1.807, 2.05) is 19.9 Å². The maximum Gasteiger partial charge on any atom is 0.261 e. The van der Waals surface area contributed by atoms with Crippen molar-refractivity contribution in [3.63, 3.8) is 0 Å². The molecule has 1 aromatic rings. The lowest BCUT2D eigenvalue weighted by Crippen LogP contribution is -2.23. The molecule has 1 rings (SSSR count). The predicted octanol–water partition coefficient (Wildman–Crippen LogP) is 2.96. The minimum Gasteiger partial charge on any atom is -0.349 e. The van der Waals surface area contributed by atoms with E-state index in [4.69, 9.17) is 22.3 Å². The van der Waals surface area contributed by atoms with Crippen LogP contribution in [0.25, 0.3) is 0 Å². The number of allylic oxidation sites excluding steroid dienone is 1. The molecule has 0 spiro atoms. The second-order valence-corrected chi connectivity index (χ2v) is 7.11. The summed E-state index contributed by atoms with van der Waals surface area (Å²) in [7, 11) is 1.31.